The van der Waals surface area contributed by atoms with Crippen LogP contribution in [0.25, 0.3) is 11.0 Å². The lowest BCUT2D eigenvalue weighted by atomic mass is 10.2. The molecule has 6 nitrogen and oxygen atoms in total. The number of hydrogen-bond donors (Lipinski definition) is 0. The van der Waals surface area contributed by atoms with Crippen LogP contribution in [-0.4, -0.2) is 19.1 Å². The molecule has 0 fully saturated rings. The highest BCUT2D eigenvalue weighted by Gasteiger charge is 2.15. The topological polar surface area (TPSA) is 69.8 Å². The van der Waals surface area contributed by atoms with E-state index in [0.717, 1.165) is 5.56 Å². The summed E-state index contributed by atoms with van der Waals surface area (Å²) in [5.41, 5.74) is 1.38. The first kappa shape index (κ1) is 17.2. The van der Waals surface area contributed by atoms with Gasteiger partial charge in [-0.2, -0.15) is 0 Å². The van der Waals surface area contributed by atoms with Gasteiger partial charge in [-0.1, -0.05) is 29.8 Å². The molecule has 0 bridgehead atoms. The molecule has 0 amide bonds. The summed E-state index contributed by atoms with van der Waals surface area (Å²) in [5, 5.41) is 0.588. The molecule has 0 atom stereocenters. The Balaban J connectivity index is 1.92. The van der Waals surface area contributed by atoms with E-state index < -0.39 is 11.2 Å². The standard InChI is InChI=1S/C20H15ClN4O2/c21-15-6-3-5-14(11-15)12-24-17-8-4-10-23-18(17)19(26)25(20(24)27)13-16-7-1-2-9-22-16/h1-11H,12-13H2. The number of fused-ring (bicyclic) bond motifs is 1. The van der Waals surface area contributed by atoms with Crippen molar-refractivity contribution in [3.63, 3.8) is 0 Å². The van der Waals surface area contributed by atoms with Crippen LogP contribution in [0.3, 0.4) is 0 Å². The molecule has 1 aromatic carbocycles. The third-order valence-electron chi connectivity index (χ3n) is 4.26. The maximum atomic E-state index is 13.1. The van der Waals surface area contributed by atoms with Gasteiger partial charge < -0.3 is 0 Å². The summed E-state index contributed by atoms with van der Waals surface area (Å²) in [6.45, 7) is 0.366. The lowest BCUT2D eigenvalue weighted by Gasteiger charge is -2.13. The first-order chi connectivity index (χ1) is 13.1. The SMILES string of the molecule is O=c1c2ncccc2n(Cc2cccc(Cl)c2)c(=O)n1Cc1ccccn1. The number of hydrogen-bond acceptors (Lipinski definition) is 4. The van der Waals surface area contributed by atoms with E-state index in [1.807, 2.05) is 18.2 Å². The van der Waals surface area contributed by atoms with Gasteiger partial charge in [0.25, 0.3) is 5.56 Å². The van der Waals surface area contributed by atoms with E-state index in [0.29, 0.717) is 16.2 Å². The molecule has 134 valence electrons. The summed E-state index contributed by atoms with van der Waals surface area (Å²) in [4.78, 5) is 34.4. The van der Waals surface area contributed by atoms with E-state index in [4.69, 9.17) is 11.6 Å². The van der Waals surface area contributed by atoms with Crippen molar-refractivity contribution in [2.45, 2.75) is 13.1 Å². The molecule has 7 heteroatoms. The molecule has 4 rings (SSSR count). The normalized spacial score (nSPS) is 11.0. The Hall–Kier alpha value is -3.25. The van der Waals surface area contributed by atoms with Gasteiger partial charge in [-0.05, 0) is 42.0 Å². The molecular weight excluding hydrogens is 364 g/mol. The van der Waals surface area contributed by atoms with Gasteiger partial charge in [0.15, 0.2) is 5.52 Å². The molecule has 0 saturated carbocycles. The third kappa shape index (κ3) is 3.39. The molecule has 0 spiro atoms. The van der Waals surface area contributed by atoms with Crippen molar-refractivity contribution >= 4 is 22.6 Å². The quantitative estimate of drug-likeness (QED) is 0.547. The zero-order chi connectivity index (χ0) is 18.8. The van der Waals surface area contributed by atoms with Crippen molar-refractivity contribution in [3.8, 4) is 0 Å². The lowest BCUT2D eigenvalue weighted by Crippen LogP contribution is -2.41. The fraction of sp³-hybridized carbons (Fsp3) is 0.100. The van der Waals surface area contributed by atoms with Crippen LogP contribution in [0.5, 0.6) is 0 Å². The van der Waals surface area contributed by atoms with Crippen LogP contribution in [0.1, 0.15) is 11.3 Å². The molecule has 0 aliphatic carbocycles. The van der Waals surface area contributed by atoms with Gasteiger partial charge in [-0.15, -0.1) is 0 Å². The van der Waals surface area contributed by atoms with E-state index in [1.54, 1.807) is 53.4 Å². The highest BCUT2D eigenvalue weighted by molar-refractivity contribution is 6.30. The Morgan fingerprint density at radius 2 is 1.70 bits per heavy atom. The molecule has 3 heterocycles. The number of rotatable bonds is 4. The minimum Gasteiger partial charge on any atom is -0.287 e. The summed E-state index contributed by atoms with van der Waals surface area (Å²) in [5.74, 6) is 0. The molecule has 3 aromatic heterocycles. The average Bonchev–Trinajstić information content (AvgIpc) is 2.69. The summed E-state index contributed by atoms with van der Waals surface area (Å²) >= 11 is 6.07. The van der Waals surface area contributed by atoms with Crippen molar-refractivity contribution < 1.29 is 0 Å². The van der Waals surface area contributed by atoms with Gasteiger partial charge in [-0.3, -0.25) is 18.9 Å². The van der Waals surface area contributed by atoms with Crippen LogP contribution < -0.4 is 11.2 Å². The van der Waals surface area contributed by atoms with Gasteiger partial charge in [-0.25, -0.2) is 9.78 Å². The molecule has 0 unspecified atom stereocenters. The number of pyridine rings is 2. The zero-order valence-corrected chi connectivity index (χ0v) is 15.0. The predicted molar refractivity (Wildman–Crippen MR) is 104 cm³/mol. The largest absolute Gasteiger partial charge is 0.332 e. The van der Waals surface area contributed by atoms with Crippen LogP contribution in [0, 0.1) is 0 Å². The summed E-state index contributed by atoms with van der Waals surface area (Å²) < 4.78 is 2.71. The number of halogens is 1. The monoisotopic (exact) mass is 378 g/mol. The second-order valence-electron chi connectivity index (χ2n) is 6.08. The maximum Gasteiger partial charge on any atom is 0.332 e. The third-order valence-corrected chi connectivity index (χ3v) is 4.50. The minimum atomic E-state index is -0.427. The second-order valence-corrected chi connectivity index (χ2v) is 6.52. The van der Waals surface area contributed by atoms with Gasteiger partial charge in [0.05, 0.1) is 24.3 Å². The molecule has 0 saturated heterocycles. The summed E-state index contributed by atoms with van der Waals surface area (Å²) in [6, 6.07) is 16.1. The second kappa shape index (κ2) is 7.17. The maximum absolute atomic E-state index is 13.1. The molecule has 0 radical (unpaired) electrons. The van der Waals surface area contributed by atoms with Gasteiger partial charge >= 0.3 is 5.69 Å². The first-order valence-corrected chi connectivity index (χ1v) is 8.74. The van der Waals surface area contributed by atoms with Crippen LogP contribution in [0.4, 0.5) is 0 Å². The Bertz CT molecular complexity index is 1230. The molecule has 4 aromatic rings. The van der Waals surface area contributed by atoms with Crippen molar-refractivity contribution in [3.05, 3.63) is 104 Å². The molecule has 0 aliphatic heterocycles. The van der Waals surface area contributed by atoms with E-state index >= 15 is 0 Å². The average molecular weight is 379 g/mol. The lowest BCUT2D eigenvalue weighted by molar-refractivity contribution is 0.626. The minimum absolute atomic E-state index is 0.0839. The Morgan fingerprint density at radius 1 is 0.852 bits per heavy atom. The van der Waals surface area contributed by atoms with Gasteiger partial charge in [0, 0.05) is 17.4 Å². The van der Waals surface area contributed by atoms with E-state index in [2.05, 4.69) is 9.97 Å². The Morgan fingerprint density at radius 3 is 2.48 bits per heavy atom. The molecule has 27 heavy (non-hydrogen) atoms. The predicted octanol–water partition coefficient (Wildman–Crippen LogP) is 2.70. The van der Waals surface area contributed by atoms with Crippen molar-refractivity contribution in [2.24, 2.45) is 0 Å². The van der Waals surface area contributed by atoms with Gasteiger partial charge in [0.1, 0.15) is 0 Å². The fourth-order valence-electron chi connectivity index (χ4n) is 3.01. The number of aromatic nitrogens is 4. The van der Waals surface area contributed by atoms with E-state index in [9.17, 15) is 9.59 Å². The zero-order valence-electron chi connectivity index (χ0n) is 14.2. The van der Waals surface area contributed by atoms with Gasteiger partial charge in [0.2, 0.25) is 0 Å². The smallest absolute Gasteiger partial charge is 0.287 e. The molecule has 0 N–H and O–H groups in total. The summed E-state index contributed by atoms with van der Waals surface area (Å²) in [6.07, 6.45) is 3.17. The van der Waals surface area contributed by atoms with Crippen LogP contribution in [0.2, 0.25) is 5.02 Å². The van der Waals surface area contributed by atoms with Crippen molar-refractivity contribution in [2.75, 3.05) is 0 Å². The fourth-order valence-corrected chi connectivity index (χ4v) is 3.22. The van der Waals surface area contributed by atoms with Crippen molar-refractivity contribution in [1.82, 2.24) is 19.1 Å². The highest BCUT2D eigenvalue weighted by atomic mass is 35.5. The van der Waals surface area contributed by atoms with Crippen molar-refractivity contribution in [1.29, 1.82) is 0 Å². The number of benzene rings is 1. The summed E-state index contributed by atoms with van der Waals surface area (Å²) in [7, 11) is 0. The first-order valence-electron chi connectivity index (χ1n) is 8.36. The van der Waals surface area contributed by atoms with E-state index in [-0.39, 0.29) is 18.6 Å². The molecular formula is C20H15ClN4O2. The van der Waals surface area contributed by atoms with Crippen LogP contribution in [-0.2, 0) is 13.1 Å². The number of nitrogens with zero attached hydrogens (tertiary/aromatic N) is 4. The highest BCUT2D eigenvalue weighted by Crippen LogP contribution is 2.13. The Kier molecular flexibility index (Phi) is 4.56. The Labute approximate surface area is 159 Å². The van der Waals surface area contributed by atoms with Crippen LogP contribution >= 0.6 is 11.6 Å². The van der Waals surface area contributed by atoms with E-state index in [1.165, 1.54) is 4.57 Å². The molecule has 0 aliphatic rings. The van der Waals surface area contributed by atoms with Crippen LogP contribution in [0.15, 0.2) is 76.6 Å².